The van der Waals surface area contributed by atoms with Gasteiger partial charge in [-0.3, -0.25) is 9.59 Å². The standard InChI is InChI=1S/C8H15NO3/c1-3-7(2)12-5-4-9-8(11)6-10/h6-7H,3-5H2,1-2H3,(H,9,11). The van der Waals surface area contributed by atoms with Gasteiger partial charge in [-0.05, 0) is 13.3 Å². The second-order valence-electron chi connectivity index (χ2n) is 2.50. The van der Waals surface area contributed by atoms with Crippen molar-refractivity contribution in [1.29, 1.82) is 0 Å². The number of nitrogens with one attached hydrogen (secondary N) is 1. The second kappa shape index (κ2) is 6.79. The molecule has 0 aliphatic heterocycles. The van der Waals surface area contributed by atoms with E-state index in [1.807, 2.05) is 13.8 Å². The van der Waals surface area contributed by atoms with Gasteiger partial charge in [-0.2, -0.15) is 0 Å². The number of hydrogen-bond donors (Lipinski definition) is 1. The van der Waals surface area contributed by atoms with Gasteiger partial charge in [0.15, 0.2) is 0 Å². The highest BCUT2D eigenvalue weighted by Gasteiger charge is 1.98. The third kappa shape index (κ3) is 5.85. The summed E-state index contributed by atoms with van der Waals surface area (Å²) in [7, 11) is 0. The number of carbonyl (C=O) groups excluding carboxylic acids is 2. The van der Waals surface area contributed by atoms with Crippen molar-refractivity contribution in [3.63, 3.8) is 0 Å². The number of rotatable bonds is 6. The molecule has 0 bridgehead atoms. The monoisotopic (exact) mass is 173 g/mol. The van der Waals surface area contributed by atoms with Gasteiger partial charge in [0.05, 0.1) is 12.7 Å². The van der Waals surface area contributed by atoms with Crippen LogP contribution in [0.15, 0.2) is 0 Å². The van der Waals surface area contributed by atoms with Crippen LogP contribution in [0.5, 0.6) is 0 Å². The molecular formula is C8H15NO3. The van der Waals surface area contributed by atoms with E-state index in [0.717, 1.165) is 6.42 Å². The summed E-state index contributed by atoms with van der Waals surface area (Å²) in [6.07, 6.45) is 1.41. The predicted octanol–water partition coefficient (Wildman–Crippen LogP) is 0.117. The average Bonchev–Trinajstić information content (AvgIpc) is 2.11. The van der Waals surface area contributed by atoms with Gasteiger partial charge >= 0.3 is 0 Å². The first-order valence-electron chi connectivity index (χ1n) is 4.05. The molecule has 1 unspecified atom stereocenters. The van der Waals surface area contributed by atoms with Gasteiger partial charge in [0.1, 0.15) is 0 Å². The molecule has 0 aromatic carbocycles. The molecule has 0 aliphatic rings. The Kier molecular flexibility index (Phi) is 6.28. The second-order valence-corrected chi connectivity index (χ2v) is 2.50. The number of carbonyl (C=O) groups is 2. The van der Waals surface area contributed by atoms with Crippen LogP contribution in [0.3, 0.4) is 0 Å². The van der Waals surface area contributed by atoms with Crippen LogP contribution in [0.2, 0.25) is 0 Å². The van der Waals surface area contributed by atoms with Crippen molar-refractivity contribution in [1.82, 2.24) is 5.32 Å². The van der Waals surface area contributed by atoms with E-state index in [-0.39, 0.29) is 12.4 Å². The maximum Gasteiger partial charge on any atom is 0.284 e. The molecule has 0 aromatic rings. The minimum Gasteiger partial charge on any atom is -0.377 e. The van der Waals surface area contributed by atoms with E-state index in [9.17, 15) is 9.59 Å². The highest BCUT2D eigenvalue weighted by atomic mass is 16.5. The quantitative estimate of drug-likeness (QED) is 0.352. The van der Waals surface area contributed by atoms with E-state index in [2.05, 4.69) is 5.32 Å². The summed E-state index contributed by atoms with van der Waals surface area (Å²) >= 11 is 0. The lowest BCUT2D eigenvalue weighted by Crippen LogP contribution is -2.28. The van der Waals surface area contributed by atoms with Crippen LogP contribution in [0.1, 0.15) is 20.3 Å². The van der Waals surface area contributed by atoms with Gasteiger partial charge in [-0.15, -0.1) is 0 Å². The largest absolute Gasteiger partial charge is 0.377 e. The number of hydrogen-bond acceptors (Lipinski definition) is 3. The third-order valence-electron chi connectivity index (χ3n) is 1.49. The van der Waals surface area contributed by atoms with E-state index in [1.165, 1.54) is 0 Å². The molecular weight excluding hydrogens is 158 g/mol. The van der Waals surface area contributed by atoms with Gasteiger partial charge in [0.25, 0.3) is 5.91 Å². The third-order valence-corrected chi connectivity index (χ3v) is 1.49. The highest BCUT2D eigenvalue weighted by Crippen LogP contribution is 1.93. The fourth-order valence-electron chi connectivity index (χ4n) is 0.594. The van der Waals surface area contributed by atoms with Crippen molar-refractivity contribution in [3.8, 4) is 0 Å². The van der Waals surface area contributed by atoms with Crippen molar-refractivity contribution in [2.75, 3.05) is 13.2 Å². The first-order chi connectivity index (χ1) is 5.70. The lowest BCUT2D eigenvalue weighted by molar-refractivity contribution is -0.131. The minimum atomic E-state index is -0.595. The molecule has 12 heavy (non-hydrogen) atoms. The molecule has 0 saturated heterocycles. The van der Waals surface area contributed by atoms with Crippen molar-refractivity contribution in [2.45, 2.75) is 26.4 Å². The average molecular weight is 173 g/mol. The molecule has 4 heteroatoms. The Labute approximate surface area is 72.3 Å². The Bertz CT molecular complexity index is 147. The maximum absolute atomic E-state index is 10.4. The maximum atomic E-state index is 10.4. The van der Waals surface area contributed by atoms with E-state index in [4.69, 9.17) is 4.74 Å². The Hall–Kier alpha value is -0.900. The van der Waals surface area contributed by atoms with Crippen LogP contribution in [0, 0.1) is 0 Å². The Morgan fingerprint density at radius 3 is 2.83 bits per heavy atom. The van der Waals surface area contributed by atoms with Crippen LogP contribution in [0.25, 0.3) is 0 Å². The molecule has 0 radical (unpaired) electrons. The molecule has 0 saturated carbocycles. The summed E-state index contributed by atoms with van der Waals surface area (Å²) < 4.78 is 5.26. The minimum absolute atomic E-state index is 0.207. The summed E-state index contributed by atoms with van der Waals surface area (Å²) in [5.41, 5.74) is 0. The smallest absolute Gasteiger partial charge is 0.284 e. The molecule has 1 N–H and O–H groups in total. The summed E-state index contributed by atoms with van der Waals surface area (Å²) in [6.45, 7) is 4.83. The SMILES string of the molecule is CCC(C)OCCNC(=O)C=O. The molecule has 1 atom stereocenters. The fourth-order valence-corrected chi connectivity index (χ4v) is 0.594. The normalized spacial score (nSPS) is 12.2. The molecule has 0 rings (SSSR count). The Morgan fingerprint density at radius 1 is 1.67 bits per heavy atom. The fraction of sp³-hybridized carbons (Fsp3) is 0.750. The lowest BCUT2D eigenvalue weighted by atomic mass is 10.3. The molecule has 70 valence electrons. The van der Waals surface area contributed by atoms with Crippen LogP contribution >= 0.6 is 0 Å². The topological polar surface area (TPSA) is 55.4 Å². The molecule has 1 amide bonds. The van der Waals surface area contributed by atoms with Crippen molar-refractivity contribution in [2.24, 2.45) is 0 Å². The molecule has 4 nitrogen and oxygen atoms in total. The number of amides is 1. The van der Waals surface area contributed by atoms with E-state index < -0.39 is 5.91 Å². The zero-order valence-electron chi connectivity index (χ0n) is 7.50. The van der Waals surface area contributed by atoms with E-state index >= 15 is 0 Å². The van der Waals surface area contributed by atoms with E-state index in [1.54, 1.807) is 0 Å². The van der Waals surface area contributed by atoms with E-state index in [0.29, 0.717) is 13.2 Å². The first kappa shape index (κ1) is 11.1. The molecule has 0 heterocycles. The zero-order chi connectivity index (χ0) is 9.40. The zero-order valence-corrected chi connectivity index (χ0v) is 7.50. The van der Waals surface area contributed by atoms with Crippen molar-refractivity contribution in [3.05, 3.63) is 0 Å². The van der Waals surface area contributed by atoms with Gasteiger partial charge in [-0.25, -0.2) is 0 Å². The molecule has 0 fully saturated rings. The first-order valence-corrected chi connectivity index (χ1v) is 4.05. The van der Waals surface area contributed by atoms with Gasteiger partial charge in [0.2, 0.25) is 6.29 Å². The Balaban J connectivity index is 3.21. The Morgan fingerprint density at radius 2 is 2.33 bits per heavy atom. The molecule has 0 spiro atoms. The molecule has 0 aromatic heterocycles. The predicted molar refractivity (Wildman–Crippen MR) is 44.8 cm³/mol. The molecule has 0 aliphatic carbocycles. The lowest BCUT2D eigenvalue weighted by Gasteiger charge is -2.09. The summed E-state index contributed by atoms with van der Waals surface area (Å²) in [4.78, 5) is 20.2. The van der Waals surface area contributed by atoms with Crippen molar-refractivity contribution < 1.29 is 14.3 Å². The van der Waals surface area contributed by atoms with Gasteiger partial charge < -0.3 is 10.1 Å². The summed E-state index contributed by atoms with van der Waals surface area (Å²) in [5.74, 6) is -0.595. The van der Waals surface area contributed by atoms with Crippen molar-refractivity contribution >= 4 is 12.2 Å². The van der Waals surface area contributed by atoms with Crippen LogP contribution in [-0.4, -0.2) is 31.4 Å². The van der Waals surface area contributed by atoms with Crippen LogP contribution < -0.4 is 5.32 Å². The number of ether oxygens (including phenoxy) is 1. The highest BCUT2D eigenvalue weighted by molar-refractivity contribution is 6.23. The van der Waals surface area contributed by atoms with Crippen LogP contribution in [-0.2, 0) is 14.3 Å². The van der Waals surface area contributed by atoms with Crippen LogP contribution in [0.4, 0.5) is 0 Å². The van der Waals surface area contributed by atoms with Gasteiger partial charge in [0, 0.05) is 6.54 Å². The number of aldehydes is 1. The van der Waals surface area contributed by atoms with Gasteiger partial charge in [-0.1, -0.05) is 6.92 Å². The summed E-state index contributed by atoms with van der Waals surface area (Å²) in [5, 5.41) is 2.38. The summed E-state index contributed by atoms with van der Waals surface area (Å²) in [6, 6.07) is 0.